The summed E-state index contributed by atoms with van der Waals surface area (Å²) in [5.74, 6) is 0.522. The Kier molecular flexibility index (Phi) is 3.79. The van der Waals surface area contributed by atoms with Crippen molar-refractivity contribution in [3.05, 3.63) is 23.8 Å². The van der Waals surface area contributed by atoms with E-state index >= 15 is 0 Å². The number of aromatic nitrogens is 2. The number of aryl methyl sites for hydroxylation is 1. The first-order valence-electron chi connectivity index (χ1n) is 4.46. The van der Waals surface area contributed by atoms with Crippen molar-refractivity contribution in [1.82, 2.24) is 9.97 Å². The third kappa shape index (κ3) is 2.75. The van der Waals surface area contributed by atoms with Crippen molar-refractivity contribution >= 4 is 0 Å². The zero-order valence-corrected chi connectivity index (χ0v) is 7.77. The molecule has 3 N–H and O–H groups in total. The molecule has 0 aliphatic rings. The first-order chi connectivity index (χ1) is 6.27. The highest BCUT2D eigenvalue weighted by Crippen LogP contribution is 2.05. The molecule has 0 aliphatic heterocycles. The third-order valence-electron chi connectivity index (χ3n) is 1.77. The molecule has 1 rings (SSSR count). The van der Waals surface area contributed by atoms with E-state index in [1.54, 1.807) is 6.20 Å². The van der Waals surface area contributed by atoms with Gasteiger partial charge in [-0.15, -0.1) is 0 Å². The van der Waals surface area contributed by atoms with E-state index in [1.807, 2.05) is 6.07 Å². The van der Waals surface area contributed by atoms with Crippen LogP contribution in [-0.2, 0) is 6.42 Å². The fourth-order valence-electron chi connectivity index (χ4n) is 1.07. The van der Waals surface area contributed by atoms with E-state index in [9.17, 15) is 0 Å². The average Bonchev–Trinajstić information content (AvgIpc) is 2.18. The molecule has 0 saturated carbocycles. The normalized spacial score (nSPS) is 12.8. The number of hydrogen-bond donors (Lipinski definition) is 2. The number of aliphatic hydroxyl groups excluding tert-OH is 1. The maximum Gasteiger partial charge on any atom is 0.147 e. The summed E-state index contributed by atoms with van der Waals surface area (Å²) >= 11 is 0. The highest BCUT2D eigenvalue weighted by Gasteiger charge is 2.07. The lowest BCUT2D eigenvalue weighted by Crippen LogP contribution is -2.18. The number of rotatable bonds is 4. The minimum atomic E-state index is -0.461. The smallest absolute Gasteiger partial charge is 0.147 e. The SMILES string of the molecule is CCCc1ccnc(C(N)CO)n1. The van der Waals surface area contributed by atoms with Crippen LogP contribution in [-0.4, -0.2) is 21.7 Å². The van der Waals surface area contributed by atoms with Crippen LogP contribution in [0.4, 0.5) is 0 Å². The molecular formula is C9H15N3O. The van der Waals surface area contributed by atoms with E-state index in [4.69, 9.17) is 10.8 Å². The summed E-state index contributed by atoms with van der Waals surface area (Å²) in [4.78, 5) is 8.23. The van der Waals surface area contributed by atoms with E-state index in [0.717, 1.165) is 18.5 Å². The monoisotopic (exact) mass is 181 g/mol. The van der Waals surface area contributed by atoms with Crippen LogP contribution >= 0.6 is 0 Å². The molecule has 1 atom stereocenters. The van der Waals surface area contributed by atoms with E-state index in [-0.39, 0.29) is 6.61 Å². The Hall–Kier alpha value is -1.00. The molecule has 1 aromatic heterocycles. The van der Waals surface area contributed by atoms with E-state index in [2.05, 4.69) is 16.9 Å². The predicted molar refractivity (Wildman–Crippen MR) is 50.0 cm³/mol. The minimum Gasteiger partial charge on any atom is -0.394 e. The topological polar surface area (TPSA) is 72.0 Å². The molecule has 0 aliphatic carbocycles. The Morgan fingerprint density at radius 2 is 2.38 bits per heavy atom. The molecule has 4 nitrogen and oxygen atoms in total. The van der Waals surface area contributed by atoms with Gasteiger partial charge in [0.05, 0.1) is 12.6 Å². The lowest BCUT2D eigenvalue weighted by molar-refractivity contribution is 0.263. The van der Waals surface area contributed by atoms with Crippen LogP contribution in [0.15, 0.2) is 12.3 Å². The number of nitrogens with two attached hydrogens (primary N) is 1. The van der Waals surface area contributed by atoms with Gasteiger partial charge in [-0.25, -0.2) is 9.97 Å². The van der Waals surface area contributed by atoms with Gasteiger partial charge in [0.25, 0.3) is 0 Å². The van der Waals surface area contributed by atoms with Crippen molar-refractivity contribution in [2.45, 2.75) is 25.8 Å². The van der Waals surface area contributed by atoms with Crippen LogP contribution < -0.4 is 5.73 Å². The zero-order valence-electron chi connectivity index (χ0n) is 7.77. The molecule has 0 saturated heterocycles. The summed E-state index contributed by atoms with van der Waals surface area (Å²) in [6, 6.07) is 1.41. The van der Waals surface area contributed by atoms with Gasteiger partial charge in [0.15, 0.2) is 0 Å². The second kappa shape index (κ2) is 4.89. The van der Waals surface area contributed by atoms with Crippen molar-refractivity contribution in [3.8, 4) is 0 Å². The fraction of sp³-hybridized carbons (Fsp3) is 0.556. The molecule has 0 bridgehead atoms. The Balaban J connectivity index is 2.78. The van der Waals surface area contributed by atoms with Crippen molar-refractivity contribution < 1.29 is 5.11 Å². The summed E-state index contributed by atoms with van der Waals surface area (Å²) in [6.07, 6.45) is 3.65. The molecule has 0 fully saturated rings. The molecule has 0 radical (unpaired) electrons. The highest BCUT2D eigenvalue weighted by molar-refractivity contribution is 5.04. The van der Waals surface area contributed by atoms with E-state index in [0.29, 0.717) is 5.82 Å². The second-order valence-corrected chi connectivity index (χ2v) is 2.95. The van der Waals surface area contributed by atoms with E-state index < -0.39 is 6.04 Å². The molecule has 0 aromatic carbocycles. The Labute approximate surface area is 77.8 Å². The molecule has 72 valence electrons. The summed E-state index contributed by atoms with van der Waals surface area (Å²) in [7, 11) is 0. The Morgan fingerprint density at radius 3 is 3.00 bits per heavy atom. The molecule has 1 unspecified atom stereocenters. The summed E-state index contributed by atoms with van der Waals surface area (Å²) < 4.78 is 0. The van der Waals surface area contributed by atoms with Gasteiger partial charge in [0.2, 0.25) is 0 Å². The predicted octanol–water partition coefficient (Wildman–Crippen LogP) is 0.421. The molecular weight excluding hydrogens is 166 g/mol. The van der Waals surface area contributed by atoms with Crippen molar-refractivity contribution in [3.63, 3.8) is 0 Å². The second-order valence-electron chi connectivity index (χ2n) is 2.95. The quantitative estimate of drug-likeness (QED) is 0.706. The molecule has 0 amide bonds. The maximum atomic E-state index is 8.80. The Bertz CT molecular complexity index is 265. The highest BCUT2D eigenvalue weighted by atomic mass is 16.3. The van der Waals surface area contributed by atoms with Crippen LogP contribution in [0, 0.1) is 0 Å². The summed E-state index contributed by atoms with van der Waals surface area (Å²) in [6.45, 7) is 1.98. The van der Waals surface area contributed by atoms with Crippen LogP contribution in [0.5, 0.6) is 0 Å². The molecule has 4 heteroatoms. The average molecular weight is 181 g/mol. The van der Waals surface area contributed by atoms with Gasteiger partial charge in [-0.05, 0) is 12.5 Å². The van der Waals surface area contributed by atoms with E-state index in [1.165, 1.54) is 0 Å². The van der Waals surface area contributed by atoms with Gasteiger partial charge in [0, 0.05) is 11.9 Å². The van der Waals surface area contributed by atoms with Crippen LogP contribution in [0.1, 0.15) is 30.9 Å². The lowest BCUT2D eigenvalue weighted by atomic mass is 10.2. The summed E-state index contributed by atoms with van der Waals surface area (Å²) in [5, 5.41) is 8.80. The first kappa shape index (κ1) is 10.1. The van der Waals surface area contributed by atoms with Gasteiger partial charge in [-0.1, -0.05) is 13.3 Å². The van der Waals surface area contributed by atoms with Crippen molar-refractivity contribution in [2.75, 3.05) is 6.61 Å². The van der Waals surface area contributed by atoms with Crippen LogP contribution in [0.25, 0.3) is 0 Å². The minimum absolute atomic E-state index is 0.115. The number of hydrogen-bond acceptors (Lipinski definition) is 4. The molecule has 1 aromatic rings. The zero-order chi connectivity index (χ0) is 9.68. The third-order valence-corrected chi connectivity index (χ3v) is 1.77. The largest absolute Gasteiger partial charge is 0.394 e. The first-order valence-corrected chi connectivity index (χ1v) is 4.46. The molecule has 0 spiro atoms. The van der Waals surface area contributed by atoms with Gasteiger partial charge >= 0.3 is 0 Å². The van der Waals surface area contributed by atoms with Crippen molar-refractivity contribution in [2.24, 2.45) is 5.73 Å². The fourth-order valence-corrected chi connectivity index (χ4v) is 1.07. The summed E-state index contributed by atoms with van der Waals surface area (Å²) in [5.41, 5.74) is 6.57. The van der Waals surface area contributed by atoms with Gasteiger partial charge in [-0.3, -0.25) is 0 Å². The van der Waals surface area contributed by atoms with Crippen LogP contribution in [0.3, 0.4) is 0 Å². The standard InChI is InChI=1S/C9H15N3O/c1-2-3-7-4-5-11-9(12-7)8(10)6-13/h4-5,8,13H,2-3,6,10H2,1H3. The maximum absolute atomic E-state index is 8.80. The van der Waals surface area contributed by atoms with Crippen molar-refractivity contribution in [1.29, 1.82) is 0 Å². The lowest BCUT2D eigenvalue weighted by Gasteiger charge is -2.07. The molecule has 13 heavy (non-hydrogen) atoms. The molecule has 1 heterocycles. The van der Waals surface area contributed by atoms with Gasteiger partial charge in [-0.2, -0.15) is 0 Å². The van der Waals surface area contributed by atoms with Crippen LogP contribution in [0.2, 0.25) is 0 Å². The number of nitrogens with zero attached hydrogens (tertiary/aromatic N) is 2. The Morgan fingerprint density at radius 1 is 1.62 bits per heavy atom. The van der Waals surface area contributed by atoms with Gasteiger partial charge in [0.1, 0.15) is 5.82 Å². The number of aliphatic hydroxyl groups is 1. The van der Waals surface area contributed by atoms with Gasteiger partial charge < -0.3 is 10.8 Å².